The highest BCUT2D eigenvalue weighted by molar-refractivity contribution is 7.13. The molecule has 0 atom stereocenters. The highest BCUT2D eigenvalue weighted by atomic mass is 32.1. The molecule has 0 aliphatic carbocycles. The minimum Gasteiger partial charge on any atom is -0.465 e. The highest BCUT2D eigenvalue weighted by Gasteiger charge is 2.17. The van der Waals surface area contributed by atoms with Crippen molar-refractivity contribution in [2.75, 3.05) is 27.4 Å². The first-order valence-electron chi connectivity index (χ1n) is 5.99. The van der Waals surface area contributed by atoms with Crippen LogP contribution >= 0.6 is 11.3 Å². The van der Waals surface area contributed by atoms with Gasteiger partial charge in [0.1, 0.15) is 9.88 Å². The largest absolute Gasteiger partial charge is 0.465 e. The molecule has 1 rings (SSSR count). The van der Waals surface area contributed by atoms with E-state index in [0.29, 0.717) is 18.0 Å². The Hall–Kier alpha value is -0.980. The zero-order chi connectivity index (χ0) is 13.4. The summed E-state index contributed by atoms with van der Waals surface area (Å²) in [7, 11) is 3.06. The SMILES string of the molecule is CCCc1nc(CNCCOC)sc1C(=O)OC. The van der Waals surface area contributed by atoms with E-state index in [1.807, 2.05) is 0 Å². The van der Waals surface area contributed by atoms with E-state index in [0.717, 1.165) is 30.1 Å². The number of nitrogens with one attached hydrogen (secondary N) is 1. The van der Waals surface area contributed by atoms with Gasteiger partial charge < -0.3 is 14.8 Å². The van der Waals surface area contributed by atoms with Gasteiger partial charge in [0.15, 0.2) is 0 Å². The van der Waals surface area contributed by atoms with Crippen molar-refractivity contribution < 1.29 is 14.3 Å². The fraction of sp³-hybridized carbons (Fsp3) is 0.667. The number of thiazole rings is 1. The monoisotopic (exact) mass is 272 g/mol. The molecule has 0 aromatic carbocycles. The van der Waals surface area contributed by atoms with Crippen LogP contribution in [0.3, 0.4) is 0 Å². The van der Waals surface area contributed by atoms with E-state index in [9.17, 15) is 4.79 Å². The Labute approximate surface area is 112 Å². The molecule has 1 N–H and O–H groups in total. The van der Waals surface area contributed by atoms with Crippen molar-refractivity contribution in [3.63, 3.8) is 0 Å². The highest BCUT2D eigenvalue weighted by Crippen LogP contribution is 2.21. The fourth-order valence-corrected chi connectivity index (χ4v) is 2.50. The summed E-state index contributed by atoms with van der Waals surface area (Å²) in [6.45, 7) is 4.16. The summed E-state index contributed by atoms with van der Waals surface area (Å²) in [6, 6.07) is 0. The third kappa shape index (κ3) is 4.36. The molecule has 0 spiro atoms. The minimum atomic E-state index is -0.293. The Kier molecular flexibility index (Phi) is 6.85. The molecule has 0 aliphatic rings. The van der Waals surface area contributed by atoms with Gasteiger partial charge in [0, 0.05) is 20.2 Å². The maximum Gasteiger partial charge on any atom is 0.349 e. The molecule has 0 aliphatic heterocycles. The lowest BCUT2D eigenvalue weighted by atomic mass is 10.2. The molecule has 1 heterocycles. The number of rotatable bonds is 8. The molecule has 5 nitrogen and oxygen atoms in total. The molecule has 0 saturated heterocycles. The van der Waals surface area contributed by atoms with Gasteiger partial charge in [0.25, 0.3) is 0 Å². The Morgan fingerprint density at radius 2 is 2.22 bits per heavy atom. The molecule has 18 heavy (non-hydrogen) atoms. The average Bonchev–Trinajstić information content (AvgIpc) is 2.77. The van der Waals surface area contributed by atoms with Gasteiger partial charge >= 0.3 is 5.97 Å². The van der Waals surface area contributed by atoms with Crippen LogP contribution in [0.2, 0.25) is 0 Å². The number of carbonyl (C=O) groups excluding carboxylic acids is 1. The lowest BCUT2D eigenvalue weighted by molar-refractivity contribution is 0.0605. The van der Waals surface area contributed by atoms with E-state index in [1.54, 1.807) is 7.11 Å². The number of carbonyl (C=O) groups is 1. The third-order valence-corrected chi connectivity index (χ3v) is 3.44. The topological polar surface area (TPSA) is 60.5 Å². The fourth-order valence-electron chi connectivity index (χ4n) is 1.50. The van der Waals surface area contributed by atoms with Gasteiger partial charge in [0.05, 0.1) is 19.4 Å². The van der Waals surface area contributed by atoms with Crippen molar-refractivity contribution in [3.8, 4) is 0 Å². The molecule has 0 amide bonds. The van der Waals surface area contributed by atoms with Crippen LogP contribution in [0.25, 0.3) is 0 Å². The first-order chi connectivity index (χ1) is 8.72. The van der Waals surface area contributed by atoms with Crippen molar-refractivity contribution in [1.82, 2.24) is 10.3 Å². The van der Waals surface area contributed by atoms with E-state index in [1.165, 1.54) is 18.4 Å². The molecular formula is C12H20N2O3S. The number of methoxy groups -OCH3 is 2. The van der Waals surface area contributed by atoms with Gasteiger partial charge in [-0.05, 0) is 6.42 Å². The summed E-state index contributed by atoms with van der Waals surface area (Å²) in [5, 5.41) is 4.12. The first-order valence-corrected chi connectivity index (χ1v) is 6.81. The van der Waals surface area contributed by atoms with Crippen LogP contribution in [0.5, 0.6) is 0 Å². The summed E-state index contributed by atoms with van der Waals surface area (Å²) in [6.07, 6.45) is 1.77. The summed E-state index contributed by atoms with van der Waals surface area (Å²) in [4.78, 5) is 16.7. The van der Waals surface area contributed by atoms with Crippen molar-refractivity contribution in [2.24, 2.45) is 0 Å². The number of ether oxygens (including phenoxy) is 2. The average molecular weight is 272 g/mol. The molecule has 0 bridgehead atoms. The van der Waals surface area contributed by atoms with Gasteiger partial charge in [-0.15, -0.1) is 11.3 Å². The molecule has 0 fully saturated rings. The van der Waals surface area contributed by atoms with Crippen LogP contribution in [0, 0.1) is 0 Å². The quantitative estimate of drug-likeness (QED) is 0.575. The zero-order valence-corrected chi connectivity index (χ0v) is 11.9. The number of aromatic nitrogens is 1. The van der Waals surface area contributed by atoms with E-state index in [-0.39, 0.29) is 5.97 Å². The van der Waals surface area contributed by atoms with Gasteiger partial charge in [-0.25, -0.2) is 9.78 Å². The summed E-state index contributed by atoms with van der Waals surface area (Å²) < 4.78 is 9.72. The lowest BCUT2D eigenvalue weighted by Crippen LogP contribution is -2.18. The second-order valence-electron chi connectivity index (χ2n) is 3.79. The Balaban J connectivity index is 2.66. The van der Waals surface area contributed by atoms with Crippen LogP contribution < -0.4 is 5.32 Å². The van der Waals surface area contributed by atoms with Crippen LogP contribution in [0.15, 0.2) is 0 Å². The van der Waals surface area contributed by atoms with Crippen molar-refractivity contribution in [1.29, 1.82) is 0 Å². The zero-order valence-electron chi connectivity index (χ0n) is 11.1. The summed E-state index contributed by atoms with van der Waals surface area (Å²) >= 11 is 1.40. The predicted octanol–water partition coefficient (Wildman–Crippen LogP) is 1.62. The number of esters is 1. The smallest absolute Gasteiger partial charge is 0.349 e. The summed E-state index contributed by atoms with van der Waals surface area (Å²) in [5.41, 5.74) is 0.845. The van der Waals surface area contributed by atoms with Crippen LogP contribution in [0.4, 0.5) is 0 Å². The Morgan fingerprint density at radius 1 is 1.44 bits per heavy atom. The van der Waals surface area contributed by atoms with E-state index in [4.69, 9.17) is 9.47 Å². The Morgan fingerprint density at radius 3 is 2.83 bits per heavy atom. The van der Waals surface area contributed by atoms with Crippen LogP contribution in [-0.4, -0.2) is 38.3 Å². The number of hydrogen-bond acceptors (Lipinski definition) is 6. The normalized spacial score (nSPS) is 10.6. The molecule has 0 saturated carbocycles. The summed E-state index contributed by atoms with van der Waals surface area (Å²) in [5.74, 6) is -0.293. The lowest BCUT2D eigenvalue weighted by Gasteiger charge is -2.00. The standard InChI is InChI=1S/C12H20N2O3S/c1-4-5-9-11(12(15)17-3)18-10(14-9)8-13-6-7-16-2/h13H,4-8H2,1-3H3. The van der Waals surface area contributed by atoms with E-state index in [2.05, 4.69) is 17.2 Å². The minimum absolute atomic E-state index is 0.293. The molecule has 1 aromatic heterocycles. The molecule has 0 radical (unpaired) electrons. The maximum atomic E-state index is 11.6. The van der Waals surface area contributed by atoms with Crippen LogP contribution in [-0.2, 0) is 22.4 Å². The van der Waals surface area contributed by atoms with Crippen LogP contribution in [0.1, 0.15) is 33.7 Å². The van der Waals surface area contributed by atoms with Crippen molar-refractivity contribution >= 4 is 17.3 Å². The number of hydrogen-bond donors (Lipinski definition) is 1. The van der Waals surface area contributed by atoms with Crippen molar-refractivity contribution in [2.45, 2.75) is 26.3 Å². The molecule has 1 aromatic rings. The van der Waals surface area contributed by atoms with Gasteiger partial charge in [-0.3, -0.25) is 0 Å². The van der Waals surface area contributed by atoms with Gasteiger partial charge in [-0.1, -0.05) is 13.3 Å². The van der Waals surface area contributed by atoms with E-state index >= 15 is 0 Å². The number of nitrogens with zero attached hydrogens (tertiary/aromatic N) is 1. The van der Waals surface area contributed by atoms with Crippen molar-refractivity contribution in [3.05, 3.63) is 15.6 Å². The second kappa shape index (κ2) is 8.18. The molecule has 0 unspecified atom stereocenters. The first kappa shape index (κ1) is 15.1. The molecule has 6 heteroatoms. The third-order valence-electron chi connectivity index (χ3n) is 2.36. The second-order valence-corrected chi connectivity index (χ2v) is 4.88. The van der Waals surface area contributed by atoms with Gasteiger partial charge in [0.2, 0.25) is 0 Å². The number of aryl methyl sites for hydroxylation is 1. The molecular weight excluding hydrogens is 252 g/mol. The maximum absolute atomic E-state index is 11.6. The van der Waals surface area contributed by atoms with Gasteiger partial charge in [-0.2, -0.15) is 0 Å². The Bertz CT molecular complexity index is 379. The van der Waals surface area contributed by atoms with E-state index < -0.39 is 0 Å². The molecule has 102 valence electrons. The predicted molar refractivity (Wildman–Crippen MR) is 71.0 cm³/mol.